The van der Waals surface area contributed by atoms with Crippen LogP contribution in [0.25, 0.3) is 0 Å². The minimum absolute atomic E-state index is 0.126. The lowest BCUT2D eigenvalue weighted by Crippen LogP contribution is -2.58. The van der Waals surface area contributed by atoms with E-state index in [2.05, 4.69) is 20.8 Å². The zero-order chi connectivity index (χ0) is 26.1. The van der Waals surface area contributed by atoms with Gasteiger partial charge in [-0.05, 0) is 128 Å². The largest absolute Gasteiger partial charge is 0.393 e. The van der Waals surface area contributed by atoms with E-state index in [0.29, 0.717) is 48.5 Å². The second-order valence-corrected chi connectivity index (χ2v) is 14.0. The Hall–Kier alpha value is -1.46. The number of amides is 1. The molecule has 10 atom stereocenters. The van der Waals surface area contributed by atoms with Crippen LogP contribution in [0.2, 0.25) is 0 Å². The molecule has 204 valence electrons. The summed E-state index contributed by atoms with van der Waals surface area (Å²) in [7, 11) is 0. The number of halogens is 1. The van der Waals surface area contributed by atoms with Gasteiger partial charge in [0, 0.05) is 18.7 Å². The summed E-state index contributed by atoms with van der Waals surface area (Å²) >= 11 is 0. The average molecular weight is 512 g/mol. The molecule has 4 nitrogen and oxygen atoms in total. The van der Waals surface area contributed by atoms with Crippen molar-refractivity contribution in [1.29, 1.82) is 0 Å². The van der Waals surface area contributed by atoms with Crippen LogP contribution in [-0.4, -0.2) is 34.9 Å². The number of carbonyl (C=O) groups excluding carboxylic acids is 1. The van der Waals surface area contributed by atoms with Crippen molar-refractivity contribution in [2.45, 2.75) is 104 Å². The fraction of sp³-hybridized carbons (Fsp3) is 0.781. The van der Waals surface area contributed by atoms with Crippen LogP contribution in [-0.2, 0) is 11.2 Å². The molecule has 0 radical (unpaired) electrons. The predicted molar refractivity (Wildman–Crippen MR) is 143 cm³/mol. The van der Waals surface area contributed by atoms with Crippen molar-refractivity contribution >= 4 is 11.6 Å². The summed E-state index contributed by atoms with van der Waals surface area (Å²) < 4.78 is 13.8. The second kappa shape index (κ2) is 9.33. The molecule has 4 fully saturated rings. The average Bonchev–Trinajstić information content (AvgIpc) is 3.44. The third kappa shape index (κ3) is 4.09. The van der Waals surface area contributed by atoms with Crippen LogP contribution in [0.5, 0.6) is 0 Å². The highest BCUT2D eigenvalue weighted by Crippen LogP contribution is 2.68. The molecule has 0 unspecified atom stereocenters. The van der Waals surface area contributed by atoms with Crippen LogP contribution < -0.4 is 4.90 Å². The van der Waals surface area contributed by atoms with Gasteiger partial charge in [0.2, 0.25) is 5.91 Å². The van der Waals surface area contributed by atoms with Crippen LogP contribution in [0, 0.1) is 52.2 Å². The number of hydrogen-bond donors (Lipinski definition) is 2. The molecule has 6 rings (SSSR count). The first kappa shape index (κ1) is 25.8. The fourth-order valence-corrected chi connectivity index (χ4v) is 10.5. The fourth-order valence-electron chi connectivity index (χ4n) is 10.5. The Labute approximate surface area is 222 Å². The lowest BCUT2D eigenvalue weighted by atomic mass is 9.43. The van der Waals surface area contributed by atoms with E-state index in [9.17, 15) is 19.4 Å². The molecule has 0 saturated heterocycles. The van der Waals surface area contributed by atoms with Gasteiger partial charge in [0.15, 0.2) is 0 Å². The zero-order valence-electron chi connectivity index (χ0n) is 23.0. The summed E-state index contributed by atoms with van der Waals surface area (Å²) in [5, 5.41) is 21.8. The van der Waals surface area contributed by atoms with Crippen molar-refractivity contribution in [3.05, 3.63) is 29.6 Å². The molecule has 4 aliphatic carbocycles. The number of anilines is 1. The normalized spacial score (nSPS) is 43.5. The number of aliphatic hydroxyl groups is 2. The maximum Gasteiger partial charge on any atom is 0.227 e. The molecule has 5 aliphatic rings. The van der Waals surface area contributed by atoms with Gasteiger partial charge in [-0.3, -0.25) is 4.79 Å². The van der Waals surface area contributed by atoms with Crippen LogP contribution in [0.1, 0.15) is 90.5 Å². The predicted octanol–water partition coefficient (Wildman–Crippen LogP) is 6.12. The maximum atomic E-state index is 13.8. The van der Waals surface area contributed by atoms with E-state index in [4.69, 9.17) is 0 Å². The molecule has 37 heavy (non-hydrogen) atoms. The highest BCUT2D eigenvalue weighted by molar-refractivity contribution is 5.95. The highest BCUT2D eigenvalue weighted by atomic mass is 19.1. The Morgan fingerprint density at radius 3 is 2.65 bits per heavy atom. The first-order chi connectivity index (χ1) is 17.6. The smallest absolute Gasteiger partial charge is 0.227 e. The number of aliphatic hydroxyl groups excluding tert-OH is 2. The van der Waals surface area contributed by atoms with Crippen molar-refractivity contribution in [2.24, 2.45) is 46.3 Å². The molecule has 0 spiro atoms. The molecule has 0 bridgehead atoms. The minimum atomic E-state index is -0.276. The van der Waals surface area contributed by atoms with E-state index in [-0.39, 0.29) is 34.8 Å². The third-order valence-electron chi connectivity index (χ3n) is 12.5. The summed E-state index contributed by atoms with van der Waals surface area (Å²) in [5.74, 6) is 2.84. The first-order valence-corrected chi connectivity index (χ1v) is 15.1. The Kier molecular flexibility index (Phi) is 6.50. The van der Waals surface area contributed by atoms with E-state index < -0.39 is 0 Å². The van der Waals surface area contributed by atoms with Gasteiger partial charge in [-0.2, -0.15) is 0 Å². The topological polar surface area (TPSA) is 60.8 Å². The number of benzene rings is 1. The monoisotopic (exact) mass is 511 g/mol. The lowest BCUT2D eigenvalue weighted by molar-refractivity contribution is -0.174. The molecule has 1 amide bonds. The van der Waals surface area contributed by atoms with Crippen LogP contribution in [0.3, 0.4) is 0 Å². The van der Waals surface area contributed by atoms with E-state index in [1.807, 2.05) is 6.07 Å². The summed E-state index contributed by atoms with van der Waals surface area (Å²) in [6.07, 6.45) is 10.3. The lowest BCUT2D eigenvalue weighted by Gasteiger charge is -2.62. The number of hydrogen-bond acceptors (Lipinski definition) is 3. The van der Waals surface area contributed by atoms with Crippen molar-refractivity contribution in [2.75, 3.05) is 11.4 Å². The van der Waals surface area contributed by atoms with Crippen LogP contribution >= 0.6 is 0 Å². The quantitative estimate of drug-likeness (QED) is 0.512. The number of fused-ring (bicyclic) bond motifs is 6. The SMILES string of the molecule is C[C@H](CCC(=O)N1CCc2ccc(F)cc21)[C@H]1CC[C@H]2[C@@H]3[C@@H](O)C[C@@H]4C[C@H](O)CC[C@]4(C)[C@H]3CC[C@]12C. The number of carbonyl (C=O) groups is 1. The number of nitrogens with zero attached hydrogens (tertiary/aromatic N) is 1. The van der Waals surface area contributed by atoms with Crippen molar-refractivity contribution in [3.8, 4) is 0 Å². The first-order valence-electron chi connectivity index (χ1n) is 15.1. The molecule has 1 aromatic rings. The molecule has 1 aliphatic heterocycles. The summed E-state index contributed by atoms with van der Waals surface area (Å²) in [5.41, 5.74) is 2.31. The second-order valence-electron chi connectivity index (χ2n) is 14.0. The third-order valence-corrected chi connectivity index (χ3v) is 12.5. The molecule has 2 N–H and O–H groups in total. The Morgan fingerprint density at radius 2 is 1.84 bits per heavy atom. The van der Waals surface area contributed by atoms with Gasteiger partial charge in [-0.1, -0.05) is 26.8 Å². The minimum Gasteiger partial charge on any atom is -0.393 e. The van der Waals surface area contributed by atoms with E-state index in [0.717, 1.165) is 49.8 Å². The van der Waals surface area contributed by atoms with Gasteiger partial charge in [0.1, 0.15) is 5.82 Å². The van der Waals surface area contributed by atoms with Crippen molar-refractivity contribution in [1.82, 2.24) is 0 Å². The summed E-state index contributed by atoms with van der Waals surface area (Å²) in [6, 6.07) is 4.81. The molecule has 1 heterocycles. The summed E-state index contributed by atoms with van der Waals surface area (Å²) in [6.45, 7) is 7.97. The Balaban J connectivity index is 1.13. The van der Waals surface area contributed by atoms with Gasteiger partial charge >= 0.3 is 0 Å². The molecule has 1 aromatic carbocycles. The van der Waals surface area contributed by atoms with Gasteiger partial charge < -0.3 is 15.1 Å². The molecule has 4 saturated carbocycles. The van der Waals surface area contributed by atoms with Crippen LogP contribution in [0.15, 0.2) is 18.2 Å². The Morgan fingerprint density at radius 1 is 1.08 bits per heavy atom. The van der Waals surface area contributed by atoms with E-state index >= 15 is 0 Å². The van der Waals surface area contributed by atoms with E-state index in [1.165, 1.54) is 37.8 Å². The zero-order valence-corrected chi connectivity index (χ0v) is 23.0. The molecule has 0 aromatic heterocycles. The van der Waals surface area contributed by atoms with Crippen LogP contribution in [0.4, 0.5) is 10.1 Å². The van der Waals surface area contributed by atoms with Crippen molar-refractivity contribution in [3.63, 3.8) is 0 Å². The van der Waals surface area contributed by atoms with Crippen molar-refractivity contribution < 1.29 is 19.4 Å². The molecule has 5 heteroatoms. The Bertz CT molecular complexity index is 1040. The molecular weight excluding hydrogens is 465 g/mol. The maximum absolute atomic E-state index is 13.8. The van der Waals surface area contributed by atoms with Gasteiger partial charge in [-0.25, -0.2) is 4.39 Å². The standard InChI is InChI=1S/C32H46FNO3/c1-19(4-9-29(37)34-15-12-20-5-6-22(33)18-27(20)34)24-7-8-25-30-26(11-14-32(24,25)3)31(2)13-10-23(35)16-21(31)17-28(30)36/h5-6,18-19,21,23-26,28,30,35-36H,4,7-17H2,1-3H3/t19-,21+,23-,24-,25+,26+,28+,30+,31+,32-/m1/s1. The van der Waals surface area contributed by atoms with E-state index in [1.54, 1.807) is 4.90 Å². The van der Waals surface area contributed by atoms with Gasteiger partial charge in [0.05, 0.1) is 12.2 Å². The van der Waals surface area contributed by atoms with Gasteiger partial charge in [0.25, 0.3) is 0 Å². The molecular formula is C32H46FNO3. The summed E-state index contributed by atoms with van der Waals surface area (Å²) in [4.78, 5) is 15.0. The van der Waals surface area contributed by atoms with Gasteiger partial charge in [-0.15, -0.1) is 0 Å². The highest BCUT2D eigenvalue weighted by Gasteiger charge is 2.62. The number of rotatable bonds is 4.